The maximum absolute atomic E-state index is 6.34. The highest BCUT2D eigenvalue weighted by Gasteiger charge is 2.32. The molecule has 0 bridgehead atoms. The average Bonchev–Trinajstić information content (AvgIpc) is 2.73. The first-order chi connectivity index (χ1) is 9.15. The Morgan fingerprint density at radius 3 is 2.95 bits per heavy atom. The van der Waals surface area contributed by atoms with Gasteiger partial charge in [0.15, 0.2) is 0 Å². The van der Waals surface area contributed by atoms with Crippen molar-refractivity contribution in [2.45, 2.75) is 25.4 Å². The smallest absolute Gasteiger partial charge is 0.0834 e. The van der Waals surface area contributed by atoms with E-state index in [4.69, 9.17) is 11.6 Å². The lowest BCUT2D eigenvalue weighted by molar-refractivity contribution is 0.210. The van der Waals surface area contributed by atoms with E-state index in [0.717, 1.165) is 36.0 Å². The topological polar surface area (TPSA) is 33.1 Å². The summed E-state index contributed by atoms with van der Waals surface area (Å²) in [5.41, 5.74) is 1.11. The zero-order valence-electron chi connectivity index (χ0n) is 11.9. The molecule has 6 heteroatoms. The molecule has 0 amide bonds. The first kappa shape index (κ1) is 15.2. The van der Waals surface area contributed by atoms with E-state index in [-0.39, 0.29) is 6.04 Å². The van der Waals surface area contributed by atoms with Gasteiger partial charge >= 0.3 is 0 Å². The molecule has 2 heterocycles. The fourth-order valence-electron chi connectivity index (χ4n) is 2.54. The molecule has 0 saturated carbocycles. The molecule has 0 aromatic carbocycles. The molecule has 108 valence electrons. The van der Waals surface area contributed by atoms with Crippen LogP contribution in [0.3, 0.4) is 0 Å². The van der Waals surface area contributed by atoms with Crippen molar-refractivity contribution in [3.05, 3.63) is 16.9 Å². The van der Waals surface area contributed by atoms with E-state index in [1.54, 1.807) is 6.20 Å². The largest absolute Gasteiger partial charge is 0.307 e. The summed E-state index contributed by atoms with van der Waals surface area (Å²) in [6, 6.07) is 0.718. The highest BCUT2D eigenvalue weighted by molar-refractivity contribution is 7.99. The molecular formula is C13H23ClN4S. The van der Waals surface area contributed by atoms with Gasteiger partial charge in [-0.15, -0.1) is 0 Å². The number of likely N-dealkylation sites (N-methyl/N-ethyl adjacent to an activating group) is 1. The number of nitrogens with zero attached hydrogens (tertiary/aromatic N) is 3. The lowest BCUT2D eigenvalue weighted by atomic mass is 10.0. The molecule has 1 fully saturated rings. The zero-order valence-corrected chi connectivity index (χ0v) is 13.5. The predicted octanol–water partition coefficient (Wildman–Crippen LogP) is 2.16. The molecule has 1 aromatic rings. The van der Waals surface area contributed by atoms with Crippen LogP contribution < -0.4 is 5.32 Å². The summed E-state index contributed by atoms with van der Waals surface area (Å²) in [7, 11) is 4.17. The summed E-state index contributed by atoms with van der Waals surface area (Å²) in [5, 5.41) is 8.70. The lowest BCUT2D eigenvalue weighted by Crippen LogP contribution is -2.48. The monoisotopic (exact) mass is 302 g/mol. The third-order valence-electron chi connectivity index (χ3n) is 3.67. The second kappa shape index (κ2) is 6.97. The summed E-state index contributed by atoms with van der Waals surface area (Å²) >= 11 is 8.36. The highest BCUT2D eigenvalue weighted by atomic mass is 35.5. The number of aromatic nitrogens is 2. The molecule has 2 unspecified atom stereocenters. The van der Waals surface area contributed by atoms with Crippen molar-refractivity contribution in [1.29, 1.82) is 0 Å². The quantitative estimate of drug-likeness (QED) is 0.903. The molecule has 0 spiro atoms. The fraction of sp³-hybridized carbons (Fsp3) is 0.769. The van der Waals surface area contributed by atoms with Crippen molar-refractivity contribution in [3.63, 3.8) is 0 Å². The van der Waals surface area contributed by atoms with E-state index in [2.05, 4.69) is 29.3 Å². The maximum atomic E-state index is 6.34. The SMILES string of the molecule is CCCNC(c1c(Cl)cnn1C)C1CSCCN1C. The fourth-order valence-corrected chi connectivity index (χ4v) is 4.10. The average molecular weight is 303 g/mol. The van der Waals surface area contributed by atoms with E-state index in [9.17, 15) is 0 Å². The van der Waals surface area contributed by atoms with Crippen LogP contribution >= 0.6 is 23.4 Å². The Balaban J connectivity index is 2.24. The molecule has 1 aliphatic rings. The normalized spacial score (nSPS) is 22.6. The standard InChI is InChI=1S/C13H23ClN4S/c1-4-5-15-12(11-9-19-7-6-17(11)2)13-10(14)8-16-18(13)3/h8,11-12,15H,4-7,9H2,1-3H3. The van der Waals surface area contributed by atoms with Crippen LogP contribution in [0.25, 0.3) is 0 Å². The van der Waals surface area contributed by atoms with Crippen LogP contribution in [-0.2, 0) is 7.05 Å². The number of aryl methyl sites for hydroxylation is 1. The number of nitrogens with one attached hydrogen (secondary N) is 1. The molecule has 19 heavy (non-hydrogen) atoms. The molecule has 1 aliphatic heterocycles. The van der Waals surface area contributed by atoms with Crippen molar-refractivity contribution in [2.24, 2.45) is 7.05 Å². The Morgan fingerprint density at radius 1 is 1.58 bits per heavy atom. The second-order valence-electron chi connectivity index (χ2n) is 5.06. The first-order valence-electron chi connectivity index (χ1n) is 6.84. The second-order valence-corrected chi connectivity index (χ2v) is 6.61. The Kier molecular flexibility index (Phi) is 5.57. The molecular weight excluding hydrogens is 280 g/mol. The minimum absolute atomic E-state index is 0.248. The van der Waals surface area contributed by atoms with Crippen LogP contribution in [-0.4, -0.2) is 52.4 Å². The molecule has 1 N–H and O–H groups in total. The van der Waals surface area contributed by atoms with Gasteiger partial charge in [0.25, 0.3) is 0 Å². The molecule has 1 saturated heterocycles. The summed E-state index contributed by atoms with van der Waals surface area (Å²) in [6.07, 6.45) is 2.86. The third kappa shape index (κ3) is 3.45. The van der Waals surface area contributed by atoms with Gasteiger partial charge in [0.1, 0.15) is 0 Å². The Labute approximate surface area is 124 Å². The van der Waals surface area contributed by atoms with Crippen LogP contribution in [0.15, 0.2) is 6.20 Å². The van der Waals surface area contributed by atoms with Crippen LogP contribution in [0.1, 0.15) is 25.1 Å². The Morgan fingerprint density at radius 2 is 2.37 bits per heavy atom. The van der Waals surface area contributed by atoms with Gasteiger partial charge in [-0.2, -0.15) is 16.9 Å². The molecule has 1 aromatic heterocycles. The summed E-state index contributed by atoms with van der Waals surface area (Å²) in [6.45, 7) is 4.32. The lowest BCUT2D eigenvalue weighted by Gasteiger charge is -2.38. The van der Waals surface area contributed by atoms with Crippen molar-refractivity contribution in [3.8, 4) is 0 Å². The summed E-state index contributed by atoms with van der Waals surface area (Å²) in [5.74, 6) is 2.35. The molecule has 0 radical (unpaired) electrons. The van der Waals surface area contributed by atoms with Gasteiger partial charge < -0.3 is 5.32 Å². The summed E-state index contributed by atoms with van der Waals surface area (Å²) in [4.78, 5) is 2.44. The Hall–Kier alpha value is -0.230. The zero-order chi connectivity index (χ0) is 13.8. The molecule has 0 aliphatic carbocycles. The van der Waals surface area contributed by atoms with Gasteiger partial charge in [-0.3, -0.25) is 9.58 Å². The van der Waals surface area contributed by atoms with Gasteiger partial charge in [-0.1, -0.05) is 18.5 Å². The minimum Gasteiger partial charge on any atom is -0.307 e. The van der Waals surface area contributed by atoms with Gasteiger partial charge in [-0.25, -0.2) is 0 Å². The highest BCUT2D eigenvalue weighted by Crippen LogP contribution is 2.30. The first-order valence-corrected chi connectivity index (χ1v) is 8.37. The number of halogens is 1. The van der Waals surface area contributed by atoms with Crippen LogP contribution in [0.2, 0.25) is 5.02 Å². The van der Waals surface area contributed by atoms with E-state index >= 15 is 0 Å². The number of hydrogen-bond donors (Lipinski definition) is 1. The van der Waals surface area contributed by atoms with Crippen molar-refractivity contribution < 1.29 is 0 Å². The number of hydrogen-bond acceptors (Lipinski definition) is 4. The molecule has 4 nitrogen and oxygen atoms in total. The summed E-state index contributed by atoms with van der Waals surface area (Å²) < 4.78 is 1.91. The van der Waals surface area contributed by atoms with Gasteiger partial charge in [-0.05, 0) is 20.0 Å². The van der Waals surface area contributed by atoms with E-state index < -0.39 is 0 Å². The van der Waals surface area contributed by atoms with E-state index in [1.807, 2.05) is 23.5 Å². The van der Waals surface area contributed by atoms with Crippen molar-refractivity contribution >= 4 is 23.4 Å². The number of rotatable bonds is 5. The van der Waals surface area contributed by atoms with Gasteiger partial charge in [0.2, 0.25) is 0 Å². The Bertz CT molecular complexity index is 390. The number of thioether (sulfide) groups is 1. The maximum Gasteiger partial charge on any atom is 0.0834 e. The van der Waals surface area contributed by atoms with E-state index in [0.29, 0.717) is 6.04 Å². The molecule has 2 rings (SSSR count). The van der Waals surface area contributed by atoms with Crippen LogP contribution in [0.4, 0.5) is 0 Å². The van der Waals surface area contributed by atoms with Gasteiger partial charge in [0.05, 0.1) is 23.0 Å². The minimum atomic E-state index is 0.248. The molecule has 2 atom stereocenters. The van der Waals surface area contributed by atoms with Crippen LogP contribution in [0.5, 0.6) is 0 Å². The van der Waals surface area contributed by atoms with Crippen molar-refractivity contribution in [1.82, 2.24) is 20.0 Å². The van der Waals surface area contributed by atoms with Crippen molar-refractivity contribution in [2.75, 3.05) is 31.6 Å². The van der Waals surface area contributed by atoms with Crippen LogP contribution in [0, 0.1) is 0 Å². The van der Waals surface area contributed by atoms with E-state index in [1.165, 1.54) is 5.75 Å². The third-order valence-corrected chi connectivity index (χ3v) is 5.01. The predicted molar refractivity (Wildman–Crippen MR) is 83.0 cm³/mol. The van der Waals surface area contributed by atoms with Gasteiger partial charge in [0, 0.05) is 31.1 Å².